The number of hydrogen-bond acceptors (Lipinski definition) is 5. The molecule has 1 amide bonds. The molecule has 2 rings (SSSR count). The van der Waals surface area contributed by atoms with Crippen LogP contribution in [0.2, 0.25) is 0 Å². The van der Waals surface area contributed by atoms with Crippen LogP contribution >= 0.6 is 0 Å². The summed E-state index contributed by atoms with van der Waals surface area (Å²) in [5.74, 6) is -0.133. The van der Waals surface area contributed by atoms with Gasteiger partial charge in [0.1, 0.15) is 0 Å². The van der Waals surface area contributed by atoms with Crippen molar-refractivity contribution < 1.29 is 19.4 Å². The normalized spacial score (nSPS) is 17.5. The number of nitrogens with zero attached hydrogens (tertiary/aromatic N) is 3. The lowest BCUT2D eigenvalue weighted by molar-refractivity contribution is 0.0379. The van der Waals surface area contributed by atoms with Gasteiger partial charge in [-0.2, -0.15) is 5.10 Å². The number of hydrogen-bond donors (Lipinski definition) is 1. The van der Waals surface area contributed by atoms with E-state index in [-0.39, 0.29) is 19.1 Å². The molecule has 0 radical (unpaired) electrons. The molecule has 1 N–H and O–H groups in total. The van der Waals surface area contributed by atoms with Crippen LogP contribution in [0.25, 0.3) is 0 Å². The zero-order valence-electron chi connectivity index (χ0n) is 13.5. The highest BCUT2D eigenvalue weighted by atomic mass is 16.5. The van der Waals surface area contributed by atoms with Crippen molar-refractivity contribution in [3.63, 3.8) is 0 Å². The van der Waals surface area contributed by atoms with Crippen LogP contribution in [-0.4, -0.2) is 72.3 Å². The molecule has 0 aromatic carbocycles. The van der Waals surface area contributed by atoms with Gasteiger partial charge in [0.2, 0.25) is 0 Å². The zero-order chi connectivity index (χ0) is 16.1. The summed E-state index contributed by atoms with van der Waals surface area (Å²) >= 11 is 0. The van der Waals surface area contributed by atoms with Gasteiger partial charge in [-0.15, -0.1) is 0 Å². The SMILES string of the molecule is COCC(O)CN(C)C(=O)c1cnn(C2CCOCC2)c1C. The van der Waals surface area contributed by atoms with E-state index in [1.807, 2.05) is 11.6 Å². The van der Waals surface area contributed by atoms with Crippen LogP contribution in [0, 0.1) is 6.92 Å². The second kappa shape index (κ2) is 7.71. The fourth-order valence-electron chi connectivity index (χ4n) is 2.78. The molecule has 1 aromatic rings. The molecule has 1 fully saturated rings. The monoisotopic (exact) mass is 311 g/mol. The van der Waals surface area contributed by atoms with E-state index in [4.69, 9.17) is 9.47 Å². The Bertz CT molecular complexity index is 497. The molecule has 1 atom stereocenters. The maximum atomic E-state index is 12.5. The summed E-state index contributed by atoms with van der Waals surface area (Å²) in [4.78, 5) is 14.0. The molecule has 124 valence electrons. The van der Waals surface area contributed by atoms with Gasteiger partial charge in [0.25, 0.3) is 5.91 Å². The number of aliphatic hydroxyl groups is 1. The molecule has 7 heteroatoms. The van der Waals surface area contributed by atoms with Gasteiger partial charge in [-0.05, 0) is 19.8 Å². The van der Waals surface area contributed by atoms with Crippen molar-refractivity contribution in [1.82, 2.24) is 14.7 Å². The third-order valence-electron chi connectivity index (χ3n) is 4.00. The quantitative estimate of drug-likeness (QED) is 0.833. The van der Waals surface area contributed by atoms with Gasteiger partial charge in [-0.25, -0.2) is 0 Å². The maximum absolute atomic E-state index is 12.5. The molecule has 0 spiro atoms. The topological polar surface area (TPSA) is 76.8 Å². The van der Waals surface area contributed by atoms with Crippen LogP contribution in [0.5, 0.6) is 0 Å². The molecule has 0 bridgehead atoms. The smallest absolute Gasteiger partial charge is 0.257 e. The van der Waals surface area contributed by atoms with Gasteiger partial charge >= 0.3 is 0 Å². The first-order chi connectivity index (χ1) is 10.5. The van der Waals surface area contributed by atoms with E-state index in [0.29, 0.717) is 11.6 Å². The van der Waals surface area contributed by atoms with Crippen LogP contribution < -0.4 is 0 Å². The Morgan fingerprint density at radius 2 is 2.27 bits per heavy atom. The van der Waals surface area contributed by atoms with Crippen LogP contribution in [-0.2, 0) is 9.47 Å². The first-order valence-electron chi connectivity index (χ1n) is 7.59. The minimum atomic E-state index is -0.690. The van der Waals surface area contributed by atoms with Gasteiger partial charge in [-0.3, -0.25) is 9.48 Å². The van der Waals surface area contributed by atoms with Crippen molar-refractivity contribution in [2.24, 2.45) is 0 Å². The van der Waals surface area contributed by atoms with E-state index in [2.05, 4.69) is 5.10 Å². The van der Waals surface area contributed by atoms with Gasteiger partial charge in [0, 0.05) is 39.6 Å². The summed E-state index contributed by atoms with van der Waals surface area (Å²) in [6.45, 7) is 3.81. The highest BCUT2D eigenvalue weighted by Gasteiger charge is 2.24. The van der Waals surface area contributed by atoms with Gasteiger partial charge < -0.3 is 19.5 Å². The largest absolute Gasteiger partial charge is 0.389 e. The average molecular weight is 311 g/mol. The predicted molar refractivity (Wildman–Crippen MR) is 80.9 cm³/mol. The number of aromatic nitrogens is 2. The highest BCUT2D eigenvalue weighted by molar-refractivity contribution is 5.94. The minimum absolute atomic E-state index is 0.133. The van der Waals surface area contributed by atoms with Crippen molar-refractivity contribution in [3.05, 3.63) is 17.5 Å². The molecular formula is C15H25N3O4. The van der Waals surface area contributed by atoms with Crippen molar-refractivity contribution in [2.75, 3.05) is 40.5 Å². The fraction of sp³-hybridized carbons (Fsp3) is 0.733. The van der Waals surface area contributed by atoms with E-state index in [1.165, 1.54) is 12.0 Å². The van der Waals surface area contributed by atoms with E-state index < -0.39 is 6.10 Å². The van der Waals surface area contributed by atoms with Gasteiger partial charge in [-0.1, -0.05) is 0 Å². The second-order valence-corrected chi connectivity index (χ2v) is 5.73. The zero-order valence-corrected chi connectivity index (χ0v) is 13.5. The van der Waals surface area contributed by atoms with Crippen LogP contribution in [0.4, 0.5) is 0 Å². The van der Waals surface area contributed by atoms with E-state index in [9.17, 15) is 9.90 Å². The Hall–Kier alpha value is -1.44. The molecule has 0 aliphatic carbocycles. The summed E-state index contributed by atoms with van der Waals surface area (Å²) in [6.07, 6.45) is 2.76. The molecule has 22 heavy (non-hydrogen) atoms. The molecule has 2 heterocycles. The standard InChI is InChI=1S/C15H25N3O4/c1-11-14(15(20)17(2)9-13(19)10-21-3)8-16-18(11)12-4-6-22-7-5-12/h8,12-13,19H,4-7,9-10H2,1-3H3. The highest BCUT2D eigenvalue weighted by Crippen LogP contribution is 2.23. The Balaban J connectivity index is 2.05. The average Bonchev–Trinajstić information content (AvgIpc) is 2.89. The summed E-state index contributed by atoms with van der Waals surface area (Å²) < 4.78 is 12.2. The number of methoxy groups -OCH3 is 1. The van der Waals surface area contributed by atoms with E-state index >= 15 is 0 Å². The first-order valence-corrected chi connectivity index (χ1v) is 7.59. The lowest BCUT2D eigenvalue weighted by atomic mass is 10.1. The van der Waals surface area contributed by atoms with Crippen LogP contribution in [0.3, 0.4) is 0 Å². The molecule has 1 aliphatic rings. The van der Waals surface area contributed by atoms with Crippen molar-refractivity contribution in [3.8, 4) is 0 Å². The molecule has 1 aromatic heterocycles. The molecule has 7 nitrogen and oxygen atoms in total. The molecule has 1 saturated heterocycles. The molecule has 1 unspecified atom stereocenters. The summed E-state index contributed by atoms with van der Waals surface area (Å²) in [5.41, 5.74) is 1.45. The number of carbonyl (C=O) groups excluding carboxylic acids is 1. The maximum Gasteiger partial charge on any atom is 0.257 e. The molecule has 1 aliphatic heterocycles. The summed E-state index contributed by atoms with van der Waals surface area (Å²) in [6, 6.07) is 0.291. The number of rotatable bonds is 6. The Kier molecular flexibility index (Phi) is 5.93. The Morgan fingerprint density at radius 3 is 2.91 bits per heavy atom. The Labute approximate surface area is 130 Å². The lowest BCUT2D eigenvalue weighted by Gasteiger charge is -2.24. The summed E-state index contributed by atoms with van der Waals surface area (Å²) in [7, 11) is 3.19. The van der Waals surface area contributed by atoms with Crippen LogP contribution in [0.1, 0.15) is 34.9 Å². The molecule has 0 saturated carbocycles. The number of carbonyl (C=O) groups is 1. The fourth-order valence-corrected chi connectivity index (χ4v) is 2.78. The van der Waals surface area contributed by atoms with E-state index in [0.717, 1.165) is 31.7 Å². The number of aliphatic hydroxyl groups excluding tert-OH is 1. The Morgan fingerprint density at radius 1 is 1.59 bits per heavy atom. The number of likely N-dealkylation sites (N-methyl/N-ethyl adjacent to an activating group) is 1. The van der Waals surface area contributed by atoms with Gasteiger partial charge in [0.05, 0.1) is 30.5 Å². The summed E-state index contributed by atoms with van der Waals surface area (Å²) in [5, 5.41) is 14.1. The van der Waals surface area contributed by atoms with E-state index in [1.54, 1.807) is 13.2 Å². The predicted octanol–water partition coefficient (Wildman–Crippen LogP) is 0.622. The third kappa shape index (κ3) is 3.85. The first kappa shape index (κ1) is 16.9. The third-order valence-corrected chi connectivity index (χ3v) is 4.00. The van der Waals surface area contributed by atoms with Crippen LogP contribution in [0.15, 0.2) is 6.20 Å². The minimum Gasteiger partial charge on any atom is -0.389 e. The number of ether oxygens (including phenoxy) is 2. The van der Waals surface area contributed by atoms with Crippen molar-refractivity contribution >= 4 is 5.91 Å². The molecular weight excluding hydrogens is 286 g/mol. The lowest BCUT2D eigenvalue weighted by Crippen LogP contribution is -2.36. The van der Waals surface area contributed by atoms with Crippen molar-refractivity contribution in [2.45, 2.75) is 31.9 Å². The number of amides is 1. The van der Waals surface area contributed by atoms with Crippen molar-refractivity contribution in [1.29, 1.82) is 0 Å². The second-order valence-electron chi connectivity index (χ2n) is 5.73. The van der Waals surface area contributed by atoms with Gasteiger partial charge in [0.15, 0.2) is 0 Å².